The second-order valence-electron chi connectivity index (χ2n) is 4.20. The Morgan fingerprint density at radius 1 is 1.32 bits per heavy atom. The van der Waals surface area contributed by atoms with Crippen LogP contribution in [0.4, 0.5) is 5.69 Å². The van der Waals surface area contributed by atoms with E-state index in [9.17, 15) is 9.59 Å². The zero-order valence-corrected chi connectivity index (χ0v) is 10.7. The third-order valence-corrected chi connectivity index (χ3v) is 2.65. The summed E-state index contributed by atoms with van der Waals surface area (Å²) >= 11 is 0. The third kappa shape index (κ3) is 3.31. The lowest BCUT2D eigenvalue weighted by atomic mass is 10.1. The van der Waals surface area contributed by atoms with Gasteiger partial charge in [0.25, 0.3) is 0 Å². The van der Waals surface area contributed by atoms with Crippen molar-refractivity contribution in [3.8, 4) is 11.3 Å². The summed E-state index contributed by atoms with van der Waals surface area (Å²) in [5.41, 5.74) is 1.54. The van der Waals surface area contributed by atoms with Gasteiger partial charge in [-0.1, -0.05) is 19.1 Å². The summed E-state index contributed by atoms with van der Waals surface area (Å²) in [5, 5.41) is 2.82. The fourth-order valence-electron chi connectivity index (χ4n) is 1.77. The van der Waals surface area contributed by atoms with Gasteiger partial charge in [-0.05, 0) is 30.7 Å². The van der Waals surface area contributed by atoms with E-state index in [4.69, 9.17) is 4.42 Å². The Morgan fingerprint density at radius 2 is 2.16 bits per heavy atom. The van der Waals surface area contributed by atoms with E-state index < -0.39 is 0 Å². The van der Waals surface area contributed by atoms with E-state index >= 15 is 0 Å². The van der Waals surface area contributed by atoms with E-state index in [0.29, 0.717) is 18.5 Å². The number of amides is 1. The molecule has 19 heavy (non-hydrogen) atoms. The van der Waals surface area contributed by atoms with Crippen LogP contribution in [0.5, 0.6) is 0 Å². The molecule has 2 aromatic rings. The standard InChI is InChI=1S/C15H15NO3/c1-2-4-15(18)16-12-6-3-5-11(9-12)14-8-7-13(10-17)19-14/h3,5-10H,2,4H2,1H3,(H,16,18). The number of carbonyl (C=O) groups is 2. The second kappa shape index (κ2) is 6.00. The number of benzene rings is 1. The minimum Gasteiger partial charge on any atom is -0.453 e. The highest BCUT2D eigenvalue weighted by molar-refractivity contribution is 5.91. The van der Waals surface area contributed by atoms with Crippen LogP contribution >= 0.6 is 0 Å². The number of nitrogens with one attached hydrogen (secondary N) is 1. The van der Waals surface area contributed by atoms with Gasteiger partial charge in [-0.2, -0.15) is 0 Å². The summed E-state index contributed by atoms with van der Waals surface area (Å²) in [5.74, 6) is 0.886. The zero-order valence-electron chi connectivity index (χ0n) is 10.7. The minimum atomic E-state index is -0.00678. The van der Waals surface area contributed by atoms with Crippen molar-refractivity contribution in [3.63, 3.8) is 0 Å². The average Bonchev–Trinajstić information content (AvgIpc) is 2.88. The Hall–Kier alpha value is -2.36. The van der Waals surface area contributed by atoms with Crippen LogP contribution < -0.4 is 5.32 Å². The highest BCUT2D eigenvalue weighted by atomic mass is 16.3. The van der Waals surface area contributed by atoms with Crippen molar-refractivity contribution in [3.05, 3.63) is 42.2 Å². The van der Waals surface area contributed by atoms with Crippen molar-refractivity contribution >= 4 is 17.9 Å². The van der Waals surface area contributed by atoms with E-state index in [1.165, 1.54) is 0 Å². The summed E-state index contributed by atoms with van der Waals surface area (Å²) in [6.45, 7) is 1.96. The first-order valence-corrected chi connectivity index (χ1v) is 6.18. The quantitative estimate of drug-likeness (QED) is 0.834. The maximum absolute atomic E-state index is 11.5. The van der Waals surface area contributed by atoms with Gasteiger partial charge < -0.3 is 9.73 Å². The Morgan fingerprint density at radius 3 is 2.84 bits per heavy atom. The highest BCUT2D eigenvalue weighted by Gasteiger charge is 2.06. The molecule has 0 aliphatic carbocycles. The molecule has 0 unspecified atom stereocenters. The summed E-state index contributed by atoms with van der Waals surface area (Å²) in [4.78, 5) is 22.1. The van der Waals surface area contributed by atoms with Crippen LogP contribution in [0, 0.1) is 0 Å². The Labute approximate surface area is 111 Å². The molecule has 4 heteroatoms. The van der Waals surface area contributed by atoms with Gasteiger partial charge in [0.15, 0.2) is 12.0 Å². The van der Waals surface area contributed by atoms with Crippen molar-refractivity contribution in [2.45, 2.75) is 19.8 Å². The molecule has 0 saturated carbocycles. The molecule has 1 aromatic heterocycles. The van der Waals surface area contributed by atoms with Gasteiger partial charge in [0.2, 0.25) is 5.91 Å². The van der Waals surface area contributed by atoms with Gasteiger partial charge in [-0.25, -0.2) is 0 Å². The van der Waals surface area contributed by atoms with Gasteiger partial charge in [-0.3, -0.25) is 9.59 Å². The third-order valence-electron chi connectivity index (χ3n) is 2.65. The molecule has 0 atom stereocenters. The van der Waals surface area contributed by atoms with Crippen molar-refractivity contribution < 1.29 is 14.0 Å². The molecule has 0 bridgehead atoms. The summed E-state index contributed by atoms with van der Waals surface area (Å²) < 4.78 is 5.35. The van der Waals surface area contributed by atoms with E-state index in [-0.39, 0.29) is 11.7 Å². The van der Waals surface area contributed by atoms with Crippen molar-refractivity contribution in [2.24, 2.45) is 0 Å². The lowest BCUT2D eigenvalue weighted by molar-refractivity contribution is -0.116. The van der Waals surface area contributed by atoms with Crippen LogP contribution in [0.25, 0.3) is 11.3 Å². The van der Waals surface area contributed by atoms with Crippen molar-refractivity contribution in [2.75, 3.05) is 5.32 Å². The van der Waals surface area contributed by atoms with Gasteiger partial charge in [0.05, 0.1) is 0 Å². The number of hydrogen-bond donors (Lipinski definition) is 1. The molecule has 0 aliphatic rings. The number of aldehydes is 1. The lowest BCUT2D eigenvalue weighted by Gasteiger charge is -2.05. The first-order chi connectivity index (χ1) is 9.22. The van der Waals surface area contributed by atoms with Gasteiger partial charge in [-0.15, -0.1) is 0 Å². The molecule has 0 fully saturated rings. The number of anilines is 1. The van der Waals surface area contributed by atoms with Crippen LogP contribution in [0.15, 0.2) is 40.8 Å². The fourth-order valence-corrected chi connectivity index (χ4v) is 1.77. The molecular weight excluding hydrogens is 242 g/mol. The first-order valence-electron chi connectivity index (χ1n) is 6.18. The normalized spacial score (nSPS) is 10.2. The monoisotopic (exact) mass is 257 g/mol. The maximum atomic E-state index is 11.5. The zero-order chi connectivity index (χ0) is 13.7. The first kappa shape index (κ1) is 13.1. The Balaban J connectivity index is 2.19. The minimum absolute atomic E-state index is 0.00678. The molecule has 4 nitrogen and oxygen atoms in total. The molecular formula is C15H15NO3. The number of furan rings is 1. The number of rotatable bonds is 5. The smallest absolute Gasteiger partial charge is 0.224 e. The van der Waals surface area contributed by atoms with Crippen LogP contribution in [-0.2, 0) is 4.79 Å². The Bertz CT molecular complexity index is 587. The van der Waals surface area contributed by atoms with E-state index in [2.05, 4.69) is 5.32 Å². The molecule has 0 spiro atoms. The number of hydrogen-bond acceptors (Lipinski definition) is 3. The molecule has 1 heterocycles. The lowest BCUT2D eigenvalue weighted by Crippen LogP contribution is -2.10. The van der Waals surface area contributed by atoms with E-state index in [0.717, 1.165) is 17.7 Å². The predicted molar refractivity (Wildman–Crippen MR) is 73.1 cm³/mol. The molecule has 0 aliphatic heterocycles. The molecule has 1 N–H and O–H groups in total. The SMILES string of the molecule is CCCC(=O)Nc1cccc(-c2ccc(C=O)o2)c1. The van der Waals surface area contributed by atoms with E-state index in [1.807, 2.05) is 31.2 Å². The van der Waals surface area contributed by atoms with E-state index in [1.54, 1.807) is 12.1 Å². The molecule has 1 aromatic carbocycles. The van der Waals surface area contributed by atoms with Crippen LogP contribution in [0.3, 0.4) is 0 Å². The van der Waals surface area contributed by atoms with Gasteiger partial charge in [0.1, 0.15) is 5.76 Å². The molecule has 1 amide bonds. The van der Waals surface area contributed by atoms with Gasteiger partial charge in [0, 0.05) is 17.7 Å². The van der Waals surface area contributed by atoms with Gasteiger partial charge >= 0.3 is 0 Å². The fraction of sp³-hybridized carbons (Fsp3) is 0.200. The molecule has 2 rings (SSSR count). The predicted octanol–water partition coefficient (Wildman–Crippen LogP) is 3.50. The van der Waals surface area contributed by atoms with Crippen LogP contribution in [0.2, 0.25) is 0 Å². The molecule has 0 saturated heterocycles. The number of carbonyl (C=O) groups excluding carboxylic acids is 2. The molecule has 0 radical (unpaired) electrons. The largest absolute Gasteiger partial charge is 0.453 e. The highest BCUT2D eigenvalue weighted by Crippen LogP contribution is 2.24. The topological polar surface area (TPSA) is 59.3 Å². The Kier molecular flexibility index (Phi) is 4.13. The maximum Gasteiger partial charge on any atom is 0.224 e. The van der Waals surface area contributed by atoms with Crippen LogP contribution in [-0.4, -0.2) is 12.2 Å². The average molecular weight is 257 g/mol. The summed E-state index contributed by atoms with van der Waals surface area (Å²) in [6.07, 6.45) is 1.98. The van der Waals surface area contributed by atoms with Crippen molar-refractivity contribution in [1.82, 2.24) is 0 Å². The second-order valence-corrected chi connectivity index (χ2v) is 4.20. The summed E-state index contributed by atoms with van der Waals surface area (Å²) in [6, 6.07) is 10.7. The van der Waals surface area contributed by atoms with Crippen LogP contribution in [0.1, 0.15) is 30.3 Å². The van der Waals surface area contributed by atoms with Crippen molar-refractivity contribution in [1.29, 1.82) is 0 Å². The molecule has 98 valence electrons. The summed E-state index contributed by atoms with van der Waals surface area (Å²) in [7, 11) is 0.